The minimum atomic E-state index is -3.57. The van der Waals surface area contributed by atoms with Crippen LogP contribution in [0.5, 0.6) is 0 Å². The molecule has 1 heterocycles. The van der Waals surface area contributed by atoms with Gasteiger partial charge in [0.1, 0.15) is 4.90 Å². The van der Waals surface area contributed by atoms with Crippen molar-refractivity contribution in [3.63, 3.8) is 0 Å². The van der Waals surface area contributed by atoms with Crippen LogP contribution in [0.25, 0.3) is 0 Å². The molecule has 1 rings (SSSR count). The molecule has 0 radical (unpaired) electrons. The first kappa shape index (κ1) is 15.4. The highest BCUT2D eigenvalue weighted by Gasteiger charge is 2.27. The number of aryl methyl sites for hydroxylation is 1. The average molecular weight is 296 g/mol. The molecule has 6 nitrogen and oxygen atoms in total. The largest absolute Gasteiger partial charge is 0.380 e. The molecule has 1 aromatic rings. The van der Waals surface area contributed by atoms with E-state index in [0.717, 1.165) is 0 Å². The number of rotatable bonds is 7. The third kappa shape index (κ3) is 3.23. The smallest absolute Gasteiger partial charge is 0.246 e. The van der Waals surface area contributed by atoms with Gasteiger partial charge in [0, 0.05) is 20.2 Å². The first-order valence-corrected chi connectivity index (χ1v) is 7.56. The molecule has 8 heteroatoms. The predicted octanol–water partition coefficient (Wildman–Crippen LogP) is 1.11. The number of aromatic amines is 1. The molecule has 104 valence electrons. The van der Waals surface area contributed by atoms with Crippen LogP contribution in [-0.2, 0) is 20.6 Å². The first-order valence-electron chi connectivity index (χ1n) is 5.59. The van der Waals surface area contributed by atoms with Gasteiger partial charge in [-0.2, -0.15) is 9.40 Å². The van der Waals surface area contributed by atoms with Crippen LogP contribution in [0.3, 0.4) is 0 Å². The Morgan fingerprint density at radius 3 is 2.72 bits per heavy atom. The molecular formula is C10H18ClN3O3S. The Hall–Kier alpha value is -0.630. The molecular weight excluding hydrogens is 278 g/mol. The lowest BCUT2D eigenvalue weighted by Crippen LogP contribution is -2.31. The SMILES string of the molecule is CCOCCN(C)S(=O)(=O)c1c(CCl)n[nH]c1C. The van der Waals surface area contributed by atoms with Gasteiger partial charge in [-0.25, -0.2) is 8.42 Å². The van der Waals surface area contributed by atoms with Gasteiger partial charge in [-0.05, 0) is 13.8 Å². The lowest BCUT2D eigenvalue weighted by Gasteiger charge is -2.17. The Balaban J connectivity index is 2.94. The minimum absolute atomic E-state index is 0.0538. The van der Waals surface area contributed by atoms with Crippen LogP contribution in [0.2, 0.25) is 0 Å². The summed E-state index contributed by atoms with van der Waals surface area (Å²) in [5.41, 5.74) is 0.839. The summed E-state index contributed by atoms with van der Waals surface area (Å²) in [4.78, 5) is 0.163. The van der Waals surface area contributed by atoms with Crippen molar-refractivity contribution < 1.29 is 13.2 Å². The molecule has 0 saturated heterocycles. The fourth-order valence-corrected chi connectivity index (χ4v) is 3.26. The number of nitrogens with zero attached hydrogens (tertiary/aromatic N) is 2. The monoisotopic (exact) mass is 295 g/mol. The third-order valence-electron chi connectivity index (χ3n) is 2.51. The van der Waals surface area contributed by atoms with E-state index < -0.39 is 10.0 Å². The molecule has 0 amide bonds. The molecule has 0 saturated carbocycles. The van der Waals surface area contributed by atoms with Gasteiger partial charge in [-0.3, -0.25) is 5.10 Å². The maximum atomic E-state index is 12.3. The second-order valence-corrected chi connectivity index (χ2v) is 6.03. The maximum absolute atomic E-state index is 12.3. The quantitative estimate of drug-likeness (QED) is 0.604. The van der Waals surface area contributed by atoms with Gasteiger partial charge < -0.3 is 4.74 Å². The Labute approximate surface area is 112 Å². The van der Waals surface area contributed by atoms with E-state index in [1.807, 2.05) is 6.92 Å². The van der Waals surface area contributed by atoms with E-state index in [1.165, 1.54) is 11.4 Å². The average Bonchev–Trinajstić information content (AvgIpc) is 2.71. The van der Waals surface area contributed by atoms with Gasteiger partial charge in [0.2, 0.25) is 10.0 Å². The van der Waals surface area contributed by atoms with E-state index in [9.17, 15) is 8.42 Å². The number of H-pyrrole nitrogens is 1. The second kappa shape index (κ2) is 6.51. The van der Waals surface area contributed by atoms with Crippen molar-refractivity contribution in [2.75, 3.05) is 26.8 Å². The van der Waals surface area contributed by atoms with E-state index in [2.05, 4.69) is 10.2 Å². The molecule has 1 N–H and O–H groups in total. The number of nitrogens with one attached hydrogen (secondary N) is 1. The summed E-state index contributed by atoms with van der Waals surface area (Å²) >= 11 is 5.69. The number of hydrogen-bond acceptors (Lipinski definition) is 4. The first-order chi connectivity index (χ1) is 8.45. The van der Waals surface area contributed by atoms with Crippen LogP contribution in [0, 0.1) is 6.92 Å². The van der Waals surface area contributed by atoms with Gasteiger partial charge in [-0.15, -0.1) is 11.6 Å². The molecule has 0 bridgehead atoms. The zero-order valence-electron chi connectivity index (χ0n) is 10.7. The number of alkyl halides is 1. The molecule has 0 atom stereocenters. The van der Waals surface area contributed by atoms with Crippen molar-refractivity contribution in [2.24, 2.45) is 0 Å². The summed E-state index contributed by atoms with van der Waals surface area (Å²) in [7, 11) is -2.06. The summed E-state index contributed by atoms with van der Waals surface area (Å²) < 4.78 is 31.1. The lowest BCUT2D eigenvalue weighted by atomic mass is 10.4. The Kier molecular flexibility index (Phi) is 5.58. The topological polar surface area (TPSA) is 75.3 Å². The molecule has 18 heavy (non-hydrogen) atoms. The van der Waals surface area contributed by atoms with Crippen molar-refractivity contribution in [2.45, 2.75) is 24.6 Å². The van der Waals surface area contributed by atoms with Crippen LogP contribution in [0.1, 0.15) is 18.3 Å². The summed E-state index contributed by atoms with van der Waals surface area (Å²) in [5, 5.41) is 6.53. The van der Waals surface area contributed by atoms with Crippen LogP contribution in [0.4, 0.5) is 0 Å². The molecule has 0 fully saturated rings. The van der Waals surface area contributed by atoms with Gasteiger partial charge >= 0.3 is 0 Å². The minimum Gasteiger partial charge on any atom is -0.380 e. The molecule has 0 aromatic carbocycles. The molecule has 0 spiro atoms. The summed E-state index contributed by atoms with van der Waals surface area (Å²) in [5.74, 6) is 0.0538. The molecule has 1 aromatic heterocycles. The number of ether oxygens (including phenoxy) is 1. The highest BCUT2D eigenvalue weighted by molar-refractivity contribution is 7.89. The van der Waals surface area contributed by atoms with Crippen molar-refractivity contribution >= 4 is 21.6 Å². The van der Waals surface area contributed by atoms with Crippen molar-refractivity contribution in [3.05, 3.63) is 11.4 Å². The number of sulfonamides is 1. The zero-order chi connectivity index (χ0) is 13.8. The fraction of sp³-hybridized carbons (Fsp3) is 0.700. The zero-order valence-corrected chi connectivity index (χ0v) is 12.3. The van der Waals surface area contributed by atoms with E-state index >= 15 is 0 Å². The lowest BCUT2D eigenvalue weighted by molar-refractivity contribution is 0.138. The molecule has 0 aliphatic heterocycles. The molecule has 0 unspecified atom stereocenters. The highest BCUT2D eigenvalue weighted by Crippen LogP contribution is 2.22. The highest BCUT2D eigenvalue weighted by atomic mass is 35.5. The third-order valence-corrected chi connectivity index (χ3v) is 4.82. The van der Waals surface area contributed by atoms with E-state index in [-0.39, 0.29) is 10.8 Å². The van der Waals surface area contributed by atoms with Crippen LogP contribution >= 0.6 is 11.6 Å². The van der Waals surface area contributed by atoms with Gasteiger partial charge in [0.05, 0.1) is 23.9 Å². The summed E-state index contributed by atoms with van der Waals surface area (Å²) in [6.07, 6.45) is 0. The Bertz CT molecular complexity index is 487. The van der Waals surface area contributed by atoms with E-state index in [4.69, 9.17) is 16.3 Å². The number of likely N-dealkylation sites (N-methyl/N-ethyl adjacent to an activating group) is 1. The molecule has 0 aliphatic rings. The second-order valence-electron chi connectivity index (χ2n) is 3.78. The van der Waals surface area contributed by atoms with Crippen LogP contribution < -0.4 is 0 Å². The Morgan fingerprint density at radius 2 is 2.17 bits per heavy atom. The van der Waals surface area contributed by atoms with E-state index in [0.29, 0.717) is 31.1 Å². The predicted molar refractivity (Wildman–Crippen MR) is 69.2 cm³/mol. The summed E-state index contributed by atoms with van der Waals surface area (Å²) in [6.45, 7) is 4.74. The van der Waals surface area contributed by atoms with Gasteiger partial charge in [0.15, 0.2) is 0 Å². The van der Waals surface area contributed by atoms with Crippen molar-refractivity contribution in [1.82, 2.24) is 14.5 Å². The Morgan fingerprint density at radius 1 is 1.50 bits per heavy atom. The van der Waals surface area contributed by atoms with Crippen molar-refractivity contribution in [1.29, 1.82) is 0 Å². The normalized spacial score (nSPS) is 12.3. The standard InChI is InChI=1S/C10H18ClN3O3S/c1-4-17-6-5-14(3)18(15,16)10-8(2)12-13-9(10)7-11/h4-7H2,1-3H3,(H,12,13). The number of halogens is 1. The summed E-state index contributed by atoms with van der Waals surface area (Å²) in [6, 6.07) is 0. The van der Waals surface area contributed by atoms with Crippen molar-refractivity contribution in [3.8, 4) is 0 Å². The van der Waals surface area contributed by atoms with E-state index in [1.54, 1.807) is 6.92 Å². The van der Waals surface area contributed by atoms with Gasteiger partial charge in [-0.1, -0.05) is 0 Å². The number of aromatic nitrogens is 2. The fourth-order valence-electron chi connectivity index (χ4n) is 1.52. The van der Waals surface area contributed by atoms with Gasteiger partial charge in [0.25, 0.3) is 0 Å². The van der Waals surface area contributed by atoms with Crippen LogP contribution in [-0.4, -0.2) is 49.7 Å². The van der Waals surface area contributed by atoms with Crippen LogP contribution in [0.15, 0.2) is 4.90 Å². The maximum Gasteiger partial charge on any atom is 0.246 e. The molecule has 0 aliphatic carbocycles. The number of hydrogen-bond donors (Lipinski definition) is 1.